The first kappa shape index (κ1) is 18.8. The van der Waals surface area contributed by atoms with Gasteiger partial charge < -0.3 is 24.9 Å². The number of carboxylic acids is 1. The number of carbonyl (C=O) groups is 3. The summed E-state index contributed by atoms with van der Waals surface area (Å²) >= 11 is 0. The summed E-state index contributed by atoms with van der Waals surface area (Å²) in [7, 11) is 1.53. The zero-order valence-electron chi connectivity index (χ0n) is 14.2. The van der Waals surface area contributed by atoms with Crippen molar-refractivity contribution in [2.24, 2.45) is 0 Å². The van der Waals surface area contributed by atoms with Crippen LogP contribution in [0.4, 0.5) is 0 Å². The first-order valence-corrected chi connectivity index (χ1v) is 7.65. The van der Waals surface area contributed by atoms with Gasteiger partial charge in [0, 0.05) is 0 Å². The first-order valence-electron chi connectivity index (χ1n) is 7.65. The van der Waals surface area contributed by atoms with Crippen LogP contribution in [0.15, 0.2) is 52.8 Å². The second-order valence-corrected chi connectivity index (χ2v) is 5.30. The molecule has 0 bridgehead atoms. The van der Waals surface area contributed by atoms with Gasteiger partial charge in [-0.1, -0.05) is 12.1 Å². The predicted octanol–water partition coefficient (Wildman–Crippen LogP) is 1.65. The van der Waals surface area contributed by atoms with Crippen molar-refractivity contribution in [3.8, 4) is 5.75 Å². The fraction of sp³-hybridized carbons (Fsp3) is 0.167. The summed E-state index contributed by atoms with van der Waals surface area (Å²) in [5, 5.41) is 13.7. The zero-order chi connectivity index (χ0) is 19.1. The minimum atomic E-state index is -1.19. The van der Waals surface area contributed by atoms with Gasteiger partial charge in [-0.15, -0.1) is 0 Å². The summed E-state index contributed by atoms with van der Waals surface area (Å²) in [5.41, 5.74) is 0.489. The molecule has 8 nitrogen and oxygen atoms in total. The molecule has 8 heteroatoms. The molecule has 0 saturated carbocycles. The Bertz CT molecular complexity index is 809. The monoisotopic (exact) mass is 358 g/mol. The van der Waals surface area contributed by atoms with Gasteiger partial charge in [-0.05, 0) is 42.8 Å². The number of carboxylic acid groups (broad SMARTS) is 1. The van der Waals surface area contributed by atoms with E-state index >= 15 is 0 Å². The van der Waals surface area contributed by atoms with E-state index in [1.807, 2.05) is 0 Å². The van der Waals surface area contributed by atoms with Gasteiger partial charge in [-0.2, -0.15) is 0 Å². The van der Waals surface area contributed by atoms with Crippen LogP contribution in [0.1, 0.15) is 23.0 Å². The normalized spacial score (nSPS) is 12.2. The maximum absolute atomic E-state index is 12.4. The van der Waals surface area contributed by atoms with Crippen molar-refractivity contribution in [2.45, 2.75) is 13.0 Å². The molecule has 0 spiro atoms. The highest BCUT2D eigenvalue weighted by molar-refractivity contribution is 6.05. The summed E-state index contributed by atoms with van der Waals surface area (Å²) in [4.78, 5) is 35.5. The van der Waals surface area contributed by atoms with Gasteiger partial charge in [-0.3, -0.25) is 14.4 Å². The molecule has 0 aliphatic carbocycles. The fourth-order valence-corrected chi connectivity index (χ4v) is 1.95. The van der Waals surface area contributed by atoms with E-state index in [4.69, 9.17) is 14.3 Å². The molecule has 2 rings (SSSR count). The van der Waals surface area contributed by atoms with Crippen LogP contribution in [0.3, 0.4) is 0 Å². The summed E-state index contributed by atoms with van der Waals surface area (Å²) in [5.74, 6) is -1.92. The molecule has 2 aromatic rings. The lowest BCUT2D eigenvalue weighted by Gasteiger charge is -2.13. The number of methoxy groups -OCH3 is 1. The van der Waals surface area contributed by atoms with Crippen molar-refractivity contribution in [3.63, 3.8) is 0 Å². The van der Waals surface area contributed by atoms with E-state index in [9.17, 15) is 14.4 Å². The number of benzene rings is 1. The Morgan fingerprint density at radius 1 is 1.19 bits per heavy atom. The van der Waals surface area contributed by atoms with E-state index in [-0.39, 0.29) is 11.5 Å². The Balaban J connectivity index is 2.27. The van der Waals surface area contributed by atoms with Crippen molar-refractivity contribution >= 4 is 23.9 Å². The Labute approximate surface area is 149 Å². The Hall–Kier alpha value is -3.55. The van der Waals surface area contributed by atoms with Crippen LogP contribution in [0.25, 0.3) is 6.08 Å². The Morgan fingerprint density at radius 3 is 2.42 bits per heavy atom. The quantitative estimate of drug-likeness (QED) is 0.648. The molecule has 2 amide bonds. The molecule has 0 unspecified atom stereocenters. The number of ether oxygens (including phenoxy) is 1. The highest BCUT2D eigenvalue weighted by Crippen LogP contribution is 2.14. The van der Waals surface area contributed by atoms with Crippen LogP contribution in [-0.4, -0.2) is 36.0 Å². The van der Waals surface area contributed by atoms with Gasteiger partial charge in [0.1, 0.15) is 17.5 Å². The lowest BCUT2D eigenvalue weighted by atomic mass is 10.1. The zero-order valence-corrected chi connectivity index (χ0v) is 14.2. The molecular formula is C18H18N2O6. The number of hydrogen-bond acceptors (Lipinski definition) is 5. The van der Waals surface area contributed by atoms with Gasteiger partial charge >= 0.3 is 5.97 Å². The van der Waals surface area contributed by atoms with E-state index in [1.54, 1.807) is 24.3 Å². The molecule has 0 aliphatic heterocycles. The number of hydrogen-bond donors (Lipinski definition) is 3. The molecule has 1 atom stereocenters. The van der Waals surface area contributed by atoms with E-state index in [1.165, 1.54) is 38.5 Å². The maximum atomic E-state index is 12.4. The van der Waals surface area contributed by atoms with E-state index in [0.29, 0.717) is 11.3 Å². The van der Waals surface area contributed by atoms with Crippen LogP contribution in [-0.2, 0) is 9.59 Å². The summed E-state index contributed by atoms with van der Waals surface area (Å²) in [6.07, 6.45) is 2.75. The predicted molar refractivity (Wildman–Crippen MR) is 92.4 cm³/mol. The molecule has 1 aromatic carbocycles. The van der Waals surface area contributed by atoms with Crippen molar-refractivity contribution < 1.29 is 28.6 Å². The van der Waals surface area contributed by atoms with E-state index < -0.39 is 23.8 Å². The third kappa shape index (κ3) is 4.97. The number of amides is 2. The van der Waals surface area contributed by atoms with Gasteiger partial charge in [0.2, 0.25) is 0 Å². The maximum Gasteiger partial charge on any atom is 0.325 e. The van der Waals surface area contributed by atoms with Crippen LogP contribution in [0.5, 0.6) is 5.75 Å². The lowest BCUT2D eigenvalue weighted by molar-refractivity contribution is -0.140. The molecule has 26 heavy (non-hydrogen) atoms. The first-order chi connectivity index (χ1) is 12.4. The minimum absolute atomic E-state index is 0.0183. The second kappa shape index (κ2) is 8.52. The van der Waals surface area contributed by atoms with Gasteiger partial charge in [0.25, 0.3) is 11.8 Å². The molecule has 0 radical (unpaired) electrons. The molecule has 0 saturated heterocycles. The molecule has 0 aliphatic rings. The average molecular weight is 358 g/mol. The highest BCUT2D eigenvalue weighted by atomic mass is 16.5. The Morgan fingerprint density at radius 2 is 1.88 bits per heavy atom. The molecular weight excluding hydrogens is 340 g/mol. The average Bonchev–Trinajstić information content (AvgIpc) is 3.16. The van der Waals surface area contributed by atoms with Crippen molar-refractivity contribution in [2.75, 3.05) is 7.11 Å². The number of carbonyl (C=O) groups excluding carboxylic acids is 2. The topological polar surface area (TPSA) is 118 Å². The SMILES string of the molecule is COc1ccc(/C=C(/NC(=O)c2ccco2)C(=O)N[C@H](C)C(=O)O)cc1. The fourth-order valence-electron chi connectivity index (χ4n) is 1.95. The summed E-state index contributed by atoms with van der Waals surface area (Å²) < 4.78 is 10.1. The summed E-state index contributed by atoms with van der Waals surface area (Å²) in [6, 6.07) is 8.61. The third-order valence-electron chi connectivity index (χ3n) is 3.38. The van der Waals surface area contributed by atoms with Crippen LogP contribution in [0.2, 0.25) is 0 Å². The van der Waals surface area contributed by atoms with E-state index in [0.717, 1.165) is 0 Å². The van der Waals surface area contributed by atoms with Gasteiger partial charge in [0.05, 0.1) is 13.4 Å². The minimum Gasteiger partial charge on any atom is -0.497 e. The molecule has 3 N–H and O–H groups in total. The number of aliphatic carboxylic acids is 1. The molecule has 0 fully saturated rings. The van der Waals surface area contributed by atoms with Gasteiger partial charge in [0.15, 0.2) is 5.76 Å². The number of rotatable bonds is 7. The highest BCUT2D eigenvalue weighted by Gasteiger charge is 2.20. The van der Waals surface area contributed by atoms with Crippen molar-refractivity contribution in [3.05, 3.63) is 59.7 Å². The van der Waals surface area contributed by atoms with Crippen LogP contribution >= 0.6 is 0 Å². The largest absolute Gasteiger partial charge is 0.497 e. The smallest absolute Gasteiger partial charge is 0.325 e. The van der Waals surface area contributed by atoms with Crippen molar-refractivity contribution in [1.82, 2.24) is 10.6 Å². The number of furan rings is 1. The van der Waals surface area contributed by atoms with Crippen molar-refractivity contribution in [1.29, 1.82) is 0 Å². The lowest BCUT2D eigenvalue weighted by Crippen LogP contribution is -2.42. The molecule has 1 aromatic heterocycles. The number of nitrogens with one attached hydrogen (secondary N) is 2. The van der Waals surface area contributed by atoms with Gasteiger partial charge in [-0.25, -0.2) is 0 Å². The Kier molecular flexibility index (Phi) is 6.15. The second-order valence-electron chi connectivity index (χ2n) is 5.30. The molecule has 136 valence electrons. The third-order valence-corrected chi connectivity index (χ3v) is 3.38. The van der Waals surface area contributed by atoms with Crippen LogP contribution in [0, 0.1) is 0 Å². The molecule has 1 heterocycles. The standard InChI is InChI=1S/C18H18N2O6/c1-11(18(23)24)19-16(21)14(20-17(22)15-4-3-9-26-15)10-12-5-7-13(25-2)8-6-12/h3-11H,1-2H3,(H,19,21)(H,20,22)(H,23,24)/b14-10+/t11-/m1/s1. The summed E-state index contributed by atoms with van der Waals surface area (Å²) in [6.45, 7) is 1.32. The van der Waals surface area contributed by atoms with E-state index in [2.05, 4.69) is 10.6 Å². The van der Waals surface area contributed by atoms with Crippen LogP contribution < -0.4 is 15.4 Å².